The van der Waals surface area contributed by atoms with E-state index in [1.54, 1.807) is 6.92 Å². The molecule has 110 valence electrons. The molecular weight excluding hydrogens is 274 g/mol. The fourth-order valence-electron chi connectivity index (χ4n) is 2.60. The molecule has 4 nitrogen and oxygen atoms in total. The highest BCUT2D eigenvalue weighted by atomic mass is 19.2. The number of anilines is 2. The Morgan fingerprint density at radius 2 is 1.81 bits per heavy atom. The van der Waals surface area contributed by atoms with E-state index in [1.807, 2.05) is 0 Å². The summed E-state index contributed by atoms with van der Waals surface area (Å²) >= 11 is 0. The molecule has 0 unspecified atom stereocenters. The minimum atomic E-state index is -0.911. The highest BCUT2D eigenvalue weighted by Crippen LogP contribution is 2.33. The number of hydrogen-bond acceptors (Lipinski definition) is 4. The van der Waals surface area contributed by atoms with Crippen LogP contribution in [-0.2, 0) is 0 Å². The van der Waals surface area contributed by atoms with E-state index in [1.165, 1.54) is 6.07 Å². The van der Waals surface area contributed by atoms with Crippen LogP contribution in [0.25, 0.3) is 11.3 Å². The van der Waals surface area contributed by atoms with Gasteiger partial charge in [-0.15, -0.1) is 0 Å². The summed E-state index contributed by atoms with van der Waals surface area (Å²) in [6.45, 7) is 3.57. The smallest absolute Gasteiger partial charge is 0.159 e. The minimum Gasteiger partial charge on any atom is -0.394 e. The zero-order chi connectivity index (χ0) is 15.0. The molecule has 0 aliphatic carbocycles. The van der Waals surface area contributed by atoms with Crippen molar-refractivity contribution in [2.45, 2.75) is 19.8 Å². The molecule has 2 N–H and O–H groups in total. The number of benzene rings is 1. The van der Waals surface area contributed by atoms with Gasteiger partial charge in [0.05, 0.1) is 5.69 Å². The lowest BCUT2D eigenvalue weighted by molar-refractivity contribution is 0.509. The minimum absolute atomic E-state index is 0.411. The Balaban J connectivity index is 2.11. The van der Waals surface area contributed by atoms with Gasteiger partial charge in [0.2, 0.25) is 0 Å². The third kappa shape index (κ3) is 2.53. The molecule has 1 aliphatic heterocycles. The quantitative estimate of drug-likeness (QED) is 0.924. The molecule has 1 saturated heterocycles. The lowest BCUT2D eigenvalue weighted by Crippen LogP contribution is -2.21. The zero-order valence-electron chi connectivity index (χ0n) is 11.7. The fraction of sp³-hybridized carbons (Fsp3) is 0.333. The summed E-state index contributed by atoms with van der Waals surface area (Å²) in [6.07, 6.45) is 2.20. The van der Waals surface area contributed by atoms with Crippen molar-refractivity contribution in [2.24, 2.45) is 0 Å². The Morgan fingerprint density at radius 1 is 1.10 bits per heavy atom. The lowest BCUT2D eigenvalue weighted by Gasteiger charge is -2.20. The number of hydrogen-bond donors (Lipinski definition) is 1. The van der Waals surface area contributed by atoms with Crippen LogP contribution in [-0.4, -0.2) is 23.1 Å². The van der Waals surface area contributed by atoms with Gasteiger partial charge in [-0.25, -0.2) is 18.7 Å². The average Bonchev–Trinajstić information content (AvgIpc) is 2.98. The molecule has 21 heavy (non-hydrogen) atoms. The maximum absolute atomic E-state index is 13.4. The van der Waals surface area contributed by atoms with Crippen molar-refractivity contribution >= 4 is 11.5 Å². The van der Waals surface area contributed by atoms with E-state index in [-0.39, 0.29) is 0 Å². The molecule has 1 aromatic heterocycles. The number of nitrogen functional groups attached to an aromatic ring is 1. The summed E-state index contributed by atoms with van der Waals surface area (Å²) in [5, 5.41) is 0. The van der Waals surface area contributed by atoms with E-state index in [2.05, 4.69) is 14.9 Å². The fourth-order valence-corrected chi connectivity index (χ4v) is 2.60. The Bertz CT molecular complexity index is 682. The molecule has 2 aromatic rings. The van der Waals surface area contributed by atoms with E-state index in [0.717, 1.165) is 38.1 Å². The van der Waals surface area contributed by atoms with Gasteiger partial charge in [0.1, 0.15) is 11.5 Å². The summed E-state index contributed by atoms with van der Waals surface area (Å²) in [5.41, 5.74) is 7.48. The molecule has 1 aromatic carbocycles. The molecule has 0 amide bonds. The highest BCUT2D eigenvalue weighted by Gasteiger charge is 2.20. The van der Waals surface area contributed by atoms with Gasteiger partial charge in [0.25, 0.3) is 0 Å². The maximum atomic E-state index is 13.4. The summed E-state index contributed by atoms with van der Waals surface area (Å²) in [6, 6.07) is 3.67. The average molecular weight is 290 g/mol. The van der Waals surface area contributed by atoms with Gasteiger partial charge in [-0.3, -0.25) is 0 Å². The molecule has 0 saturated carbocycles. The maximum Gasteiger partial charge on any atom is 0.159 e. The molecular formula is C15H16F2N4. The van der Waals surface area contributed by atoms with E-state index < -0.39 is 11.6 Å². The standard InChI is InChI=1S/C15H16F2N4/c1-9-19-14(10-4-5-11(16)12(17)8-10)13(18)15(20-9)21-6-2-3-7-21/h4-5,8H,2-3,6-7,18H2,1H3. The Morgan fingerprint density at radius 3 is 2.48 bits per heavy atom. The van der Waals surface area contributed by atoms with Crippen LogP contribution in [0.2, 0.25) is 0 Å². The summed E-state index contributed by atoms with van der Waals surface area (Å²) < 4.78 is 26.5. The summed E-state index contributed by atoms with van der Waals surface area (Å²) in [4.78, 5) is 10.8. The van der Waals surface area contributed by atoms with E-state index in [9.17, 15) is 8.78 Å². The SMILES string of the molecule is Cc1nc(-c2ccc(F)c(F)c2)c(N)c(N2CCCC2)n1. The number of aromatic nitrogens is 2. The molecule has 0 spiro atoms. The monoisotopic (exact) mass is 290 g/mol. The van der Waals surface area contributed by atoms with Gasteiger partial charge in [-0.1, -0.05) is 0 Å². The van der Waals surface area contributed by atoms with E-state index in [4.69, 9.17) is 5.73 Å². The first-order chi connectivity index (χ1) is 10.1. The number of nitrogens with two attached hydrogens (primary N) is 1. The lowest BCUT2D eigenvalue weighted by atomic mass is 10.1. The van der Waals surface area contributed by atoms with Crippen LogP contribution in [0.3, 0.4) is 0 Å². The summed E-state index contributed by atoms with van der Waals surface area (Å²) in [5.74, 6) is -0.556. The second-order valence-electron chi connectivity index (χ2n) is 5.18. The predicted molar refractivity (Wildman–Crippen MR) is 78.0 cm³/mol. The first-order valence-electron chi connectivity index (χ1n) is 6.91. The van der Waals surface area contributed by atoms with Crippen molar-refractivity contribution in [3.8, 4) is 11.3 Å². The van der Waals surface area contributed by atoms with Crippen LogP contribution in [0.15, 0.2) is 18.2 Å². The topological polar surface area (TPSA) is 55.0 Å². The van der Waals surface area contributed by atoms with E-state index >= 15 is 0 Å². The van der Waals surface area contributed by atoms with Gasteiger partial charge in [0.15, 0.2) is 17.5 Å². The van der Waals surface area contributed by atoms with Crippen LogP contribution in [0, 0.1) is 18.6 Å². The molecule has 6 heteroatoms. The molecule has 0 bridgehead atoms. The van der Waals surface area contributed by atoms with Crippen LogP contribution < -0.4 is 10.6 Å². The van der Waals surface area contributed by atoms with Crippen LogP contribution in [0.1, 0.15) is 18.7 Å². The van der Waals surface area contributed by atoms with E-state index in [0.29, 0.717) is 28.6 Å². The Kier molecular flexibility index (Phi) is 3.45. The van der Waals surface area contributed by atoms with Gasteiger partial charge in [0, 0.05) is 18.7 Å². The third-order valence-corrected chi connectivity index (χ3v) is 3.64. The van der Waals surface area contributed by atoms with Crippen molar-refractivity contribution in [3.63, 3.8) is 0 Å². The van der Waals surface area contributed by atoms with Crippen molar-refractivity contribution in [3.05, 3.63) is 35.7 Å². The second kappa shape index (κ2) is 5.27. The molecule has 0 radical (unpaired) electrons. The molecule has 0 atom stereocenters. The van der Waals surface area contributed by atoms with Crippen LogP contribution in [0.5, 0.6) is 0 Å². The number of rotatable bonds is 2. The normalized spacial score (nSPS) is 14.7. The second-order valence-corrected chi connectivity index (χ2v) is 5.18. The van der Waals surface area contributed by atoms with Crippen molar-refractivity contribution in [2.75, 3.05) is 23.7 Å². The summed E-state index contributed by atoms with van der Waals surface area (Å²) in [7, 11) is 0. The number of halogens is 2. The van der Waals surface area contributed by atoms with Gasteiger partial charge < -0.3 is 10.6 Å². The van der Waals surface area contributed by atoms with Gasteiger partial charge >= 0.3 is 0 Å². The largest absolute Gasteiger partial charge is 0.394 e. The van der Waals surface area contributed by atoms with Crippen LogP contribution >= 0.6 is 0 Å². The third-order valence-electron chi connectivity index (χ3n) is 3.64. The predicted octanol–water partition coefficient (Wildman–Crippen LogP) is 2.91. The van der Waals surface area contributed by atoms with Crippen LogP contribution in [0.4, 0.5) is 20.3 Å². The van der Waals surface area contributed by atoms with Gasteiger partial charge in [-0.05, 0) is 38.0 Å². The zero-order valence-corrected chi connectivity index (χ0v) is 11.7. The molecule has 1 aliphatic rings. The Labute approximate surface area is 121 Å². The first-order valence-corrected chi connectivity index (χ1v) is 6.91. The first kappa shape index (κ1) is 13.7. The van der Waals surface area contributed by atoms with Gasteiger partial charge in [-0.2, -0.15) is 0 Å². The number of aryl methyl sites for hydroxylation is 1. The Hall–Kier alpha value is -2.24. The highest BCUT2D eigenvalue weighted by molar-refractivity contribution is 5.81. The molecule has 2 heterocycles. The van der Waals surface area contributed by atoms with Crippen molar-refractivity contribution < 1.29 is 8.78 Å². The molecule has 3 rings (SSSR count). The van der Waals surface area contributed by atoms with Crippen molar-refractivity contribution in [1.29, 1.82) is 0 Å². The number of nitrogens with zero attached hydrogens (tertiary/aromatic N) is 3. The molecule has 1 fully saturated rings. The van der Waals surface area contributed by atoms with Crippen molar-refractivity contribution in [1.82, 2.24) is 9.97 Å².